The van der Waals surface area contributed by atoms with Gasteiger partial charge in [-0.05, 0) is 6.42 Å². The lowest BCUT2D eigenvalue weighted by Gasteiger charge is -2.33. The molecule has 0 aromatic carbocycles. The predicted molar refractivity (Wildman–Crippen MR) is 79.3 cm³/mol. The summed E-state index contributed by atoms with van der Waals surface area (Å²) in [6.45, 7) is 9.10. The SMILES string of the molecule is CC(C)(C)c1n[nH]c([C@@H]2CN(C(=O)[C@H]3CCOC3)CCO2)n1. The van der Waals surface area contributed by atoms with Crippen LogP contribution in [0.3, 0.4) is 0 Å². The third-order valence-electron chi connectivity index (χ3n) is 4.14. The second-order valence-corrected chi connectivity index (χ2v) is 7.00. The molecule has 1 aromatic rings. The van der Waals surface area contributed by atoms with Gasteiger partial charge in [0.15, 0.2) is 11.6 Å². The molecule has 0 aliphatic carbocycles. The third-order valence-corrected chi connectivity index (χ3v) is 4.14. The minimum Gasteiger partial charge on any atom is -0.381 e. The zero-order chi connectivity index (χ0) is 15.7. The fourth-order valence-corrected chi connectivity index (χ4v) is 2.76. The van der Waals surface area contributed by atoms with Crippen LogP contribution in [0.4, 0.5) is 0 Å². The van der Waals surface area contributed by atoms with Gasteiger partial charge in [0, 0.05) is 18.6 Å². The number of aromatic amines is 1. The molecule has 2 aliphatic rings. The molecular formula is C15H24N4O3. The van der Waals surface area contributed by atoms with E-state index in [4.69, 9.17) is 9.47 Å². The van der Waals surface area contributed by atoms with Gasteiger partial charge in [0.25, 0.3) is 0 Å². The number of carbonyl (C=O) groups excluding carboxylic acids is 1. The number of morpholine rings is 1. The zero-order valence-corrected chi connectivity index (χ0v) is 13.5. The molecule has 0 saturated carbocycles. The first kappa shape index (κ1) is 15.4. The standard InChI is InChI=1S/C15H24N4O3/c1-15(2,3)14-16-12(17-18-14)11-8-19(5-7-22-11)13(20)10-4-6-21-9-10/h10-11H,4-9H2,1-3H3,(H,16,17,18)/t10-,11-/m0/s1. The van der Waals surface area contributed by atoms with Crippen LogP contribution in [0.1, 0.15) is 44.9 Å². The highest BCUT2D eigenvalue weighted by Crippen LogP contribution is 2.25. The minimum absolute atomic E-state index is 0.00129. The van der Waals surface area contributed by atoms with Crippen molar-refractivity contribution in [2.24, 2.45) is 5.92 Å². The molecular weight excluding hydrogens is 284 g/mol. The first-order chi connectivity index (χ1) is 10.4. The van der Waals surface area contributed by atoms with E-state index in [0.717, 1.165) is 12.2 Å². The summed E-state index contributed by atoms with van der Waals surface area (Å²) < 4.78 is 11.1. The van der Waals surface area contributed by atoms with Crippen molar-refractivity contribution in [1.29, 1.82) is 0 Å². The zero-order valence-electron chi connectivity index (χ0n) is 13.5. The first-order valence-electron chi connectivity index (χ1n) is 7.86. The quantitative estimate of drug-likeness (QED) is 0.883. The maximum atomic E-state index is 12.5. The van der Waals surface area contributed by atoms with Gasteiger partial charge < -0.3 is 14.4 Å². The Labute approximate surface area is 130 Å². The minimum atomic E-state index is -0.233. The summed E-state index contributed by atoms with van der Waals surface area (Å²) in [7, 11) is 0. The molecule has 0 spiro atoms. The Balaban J connectivity index is 1.67. The Bertz CT molecular complexity index is 531. The third kappa shape index (κ3) is 3.15. The van der Waals surface area contributed by atoms with Crippen LogP contribution in [0.25, 0.3) is 0 Å². The van der Waals surface area contributed by atoms with Crippen LogP contribution < -0.4 is 0 Å². The van der Waals surface area contributed by atoms with Crippen LogP contribution in [0.5, 0.6) is 0 Å². The smallest absolute Gasteiger partial charge is 0.228 e. The molecule has 3 heterocycles. The van der Waals surface area contributed by atoms with Crippen molar-refractivity contribution >= 4 is 5.91 Å². The average Bonchev–Trinajstić information content (AvgIpc) is 3.17. The molecule has 2 aliphatic heterocycles. The van der Waals surface area contributed by atoms with Crippen molar-refractivity contribution in [3.63, 3.8) is 0 Å². The topological polar surface area (TPSA) is 80.3 Å². The van der Waals surface area contributed by atoms with Gasteiger partial charge in [0.05, 0.1) is 25.7 Å². The molecule has 2 atom stereocenters. The summed E-state index contributed by atoms with van der Waals surface area (Å²) in [6, 6.07) is 0. The van der Waals surface area contributed by atoms with Crippen molar-refractivity contribution in [1.82, 2.24) is 20.1 Å². The van der Waals surface area contributed by atoms with Gasteiger partial charge in [0.2, 0.25) is 5.91 Å². The van der Waals surface area contributed by atoms with Crippen LogP contribution in [0.2, 0.25) is 0 Å². The molecule has 1 aromatic heterocycles. The fraction of sp³-hybridized carbons (Fsp3) is 0.800. The van der Waals surface area contributed by atoms with Crippen LogP contribution in [0.15, 0.2) is 0 Å². The molecule has 2 saturated heterocycles. The van der Waals surface area contributed by atoms with Crippen molar-refractivity contribution in [2.75, 3.05) is 32.9 Å². The Morgan fingerprint density at radius 2 is 2.18 bits per heavy atom. The Morgan fingerprint density at radius 1 is 1.36 bits per heavy atom. The van der Waals surface area contributed by atoms with Gasteiger partial charge in [0.1, 0.15) is 6.10 Å². The van der Waals surface area contributed by atoms with Crippen LogP contribution in [-0.2, 0) is 19.7 Å². The van der Waals surface area contributed by atoms with E-state index in [2.05, 4.69) is 36.0 Å². The number of carbonyl (C=O) groups is 1. The van der Waals surface area contributed by atoms with Gasteiger partial charge in [-0.2, -0.15) is 5.10 Å². The molecule has 0 unspecified atom stereocenters. The largest absolute Gasteiger partial charge is 0.381 e. The molecule has 1 amide bonds. The predicted octanol–water partition coefficient (Wildman–Crippen LogP) is 1.04. The fourth-order valence-electron chi connectivity index (χ4n) is 2.76. The highest BCUT2D eigenvalue weighted by molar-refractivity contribution is 5.79. The summed E-state index contributed by atoms with van der Waals surface area (Å²) in [5, 5.41) is 7.23. The van der Waals surface area contributed by atoms with E-state index in [-0.39, 0.29) is 23.3 Å². The normalized spacial score (nSPS) is 26.4. The number of ether oxygens (including phenoxy) is 2. The highest BCUT2D eigenvalue weighted by Gasteiger charge is 2.33. The second-order valence-electron chi connectivity index (χ2n) is 7.00. The number of hydrogen-bond donors (Lipinski definition) is 1. The number of rotatable bonds is 2. The van der Waals surface area contributed by atoms with E-state index in [1.165, 1.54) is 0 Å². The summed E-state index contributed by atoms with van der Waals surface area (Å²) >= 11 is 0. The molecule has 3 rings (SSSR count). The molecule has 7 nitrogen and oxygen atoms in total. The van der Waals surface area contributed by atoms with Gasteiger partial charge >= 0.3 is 0 Å². The van der Waals surface area contributed by atoms with Crippen LogP contribution >= 0.6 is 0 Å². The van der Waals surface area contributed by atoms with E-state index in [9.17, 15) is 4.79 Å². The lowest BCUT2D eigenvalue weighted by molar-refractivity contribution is -0.143. The summed E-state index contributed by atoms with van der Waals surface area (Å²) in [6.07, 6.45) is 0.584. The number of H-pyrrole nitrogens is 1. The van der Waals surface area contributed by atoms with Crippen LogP contribution in [0, 0.1) is 5.92 Å². The molecule has 7 heteroatoms. The van der Waals surface area contributed by atoms with Gasteiger partial charge in [-0.3, -0.25) is 9.89 Å². The second kappa shape index (κ2) is 5.96. The summed E-state index contributed by atoms with van der Waals surface area (Å²) in [5.41, 5.74) is -0.111. The lowest BCUT2D eigenvalue weighted by atomic mass is 9.96. The van der Waals surface area contributed by atoms with Crippen molar-refractivity contribution in [3.05, 3.63) is 11.6 Å². The van der Waals surface area contributed by atoms with Gasteiger partial charge in [-0.15, -0.1) is 0 Å². The van der Waals surface area contributed by atoms with Gasteiger partial charge in [-0.1, -0.05) is 20.8 Å². The Hall–Kier alpha value is -1.47. The van der Waals surface area contributed by atoms with Crippen LogP contribution in [-0.4, -0.2) is 58.9 Å². The van der Waals surface area contributed by atoms with Crippen molar-refractivity contribution < 1.29 is 14.3 Å². The number of nitrogens with one attached hydrogen (secondary N) is 1. The highest BCUT2D eigenvalue weighted by atomic mass is 16.5. The molecule has 2 fully saturated rings. The Kier molecular flexibility index (Phi) is 4.18. The van der Waals surface area contributed by atoms with Crippen molar-refractivity contribution in [3.8, 4) is 0 Å². The molecule has 1 N–H and O–H groups in total. The van der Waals surface area contributed by atoms with E-state index in [1.54, 1.807) is 0 Å². The number of hydrogen-bond acceptors (Lipinski definition) is 5. The molecule has 0 radical (unpaired) electrons. The number of amides is 1. The van der Waals surface area contributed by atoms with E-state index in [1.807, 2.05) is 4.90 Å². The monoisotopic (exact) mass is 308 g/mol. The number of nitrogens with zero attached hydrogens (tertiary/aromatic N) is 3. The summed E-state index contributed by atoms with van der Waals surface area (Å²) in [4.78, 5) is 18.9. The summed E-state index contributed by atoms with van der Waals surface area (Å²) in [5.74, 6) is 1.63. The van der Waals surface area contributed by atoms with E-state index < -0.39 is 0 Å². The number of aromatic nitrogens is 3. The lowest BCUT2D eigenvalue weighted by Crippen LogP contribution is -2.45. The van der Waals surface area contributed by atoms with E-state index >= 15 is 0 Å². The molecule has 22 heavy (non-hydrogen) atoms. The maximum Gasteiger partial charge on any atom is 0.228 e. The van der Waals surface area contributed by atoms with Crippen molar-refractivity contribution in [2.45, 2.75) is 38.7 Å². The van der Waals surface area contributed by atoms with E-state index in [0.29, 0.717) is 38.7 Å². The average molecular weight is 308 g/mol. The maximum absolute atomic E-state index is 12.5. The molecule has 122 valence electrons. The Morgan fingerprint density at radius 3 is 2.82 bits per heavy atom. The first-order valence-corrected chi connectivity index (χ1v) is 7.86. The van der Waals surface area contributed by atoms with Gasteiger partial charge in [-0.25, -0.2) is 4.98 Å². The molecule has 0 bridgehead atoms.